The van der Waals surface area contributed by atoms with Crippen LogP contribution in [0.3, 0.4) is 0 Å². The summed E-state index contributed by atoms with van der Waals surface area (Å²) in [5.41, 5.74) is 4.37. The molecule has 1 aliphatic rings. The highest BCUT2D eigenvalue weighted by molar-refractivity contribution is 7.12. The minimum Gasteiger partial charge on any atom is -0.479 e. The van der Waals surface area contributed by atoms with E-state index in [0.717, 1.165) is 27.4 Å². The lowest BCUT2D eigenvalue weighted by atomic mass is 10.0. The van der Waals surface area contributed by atoms with Crippen LogP contribution in [0, 0.1) is 0 Å². The molecule has 1 amide bonds. The van der Waals surface area contributed by atoms with E-state index >= 15 is 0 Å². The minimum absolute atomic E-state index is 0.0248. The molecule has 3 atom stereocenters. The summed E-state index contributed by atoms with van der Waals surface area (Å²) in [6.45, 7) is 1.17. The Morgan fingerprint density at radius 3 is 2.19 bits per heavy atom. The van der Waals surface area contributed by atoms with Crippen molar-refractivity contribution in [2.24, 2.45) is 4.99 Å². The lowest BCUT2D eigenvalue weighted by molar-refractivity contribution is -0.165. The summed E-state index contributed by atoms with van der Waals surface area (Å²) >= 11 is 1.46. The van der Waals surface area contributed by atoms with Crippen LogP contribution in [0.5, 0.6) is 0 Å². The molecule has 1 aliphatic heterocycles. The molecule has 0 spiro atoms. The predicted octanol–water partition coefficient (Wildman–Crippen LogP) is 1.71. The standard InChI is InChI=1S/C22H21N3OS.C4H6O6/c1-25-17(15-24-22(26)20-12-7-13-27-20)14-23-21(16-8-3-2-4-9-16)18-10-5-6-11-19(18)25;5-1(3(7)8)2(6)4(9)10/h2-13,17H,14-15H2,1H3,(H,24,26);1-2,5-6H,(H,7,8)(H,9,10). The maximum Gasteiger partial charge on any atom is 0.335 e. The average Bonchev–Trinajstić information content (AvgIpc) is 3.41. The van der Waals surface area contributed by atoms with E-state index in [2.05, 4.69) is 41.5 Å². The van der Waals surface area contributed by atoms with Gasteiger partial charge in [0.15, 0.2) is 12.2 Å². The summed E-state index contributed by atoms with van der Waals surface area (Å²) in [7, 11) is 2.07. The molecule has 1 aromatic heterocycles. The number of hydrogen-bond acceptors (Lipinski definition) is 8. The number of aliphatic imine (C=N–C) groups is 1. The SMILES string of the molecule is CN1c2ccccc2C(c2ccccc2)=NCC1CNC(=O)c1cccs1.O=C(O)C(O)C(O)C(=O)O. The van der Waals surface area contributed by atoms with Gasteiger partial charge in [-0.15, -0.1) is 11.3 Å². The number of carboxylic acid groups (broad SMARTS) is 2. The maximum absolute atomic E-state index is 12.3. The molecule has 4 rings (SSSR count). The number of likely N-dealkylation sites (N-methyl/N-ethyl adjacent to an activating group) is 1. The van der Waals surface area contributed by atoms with Gasteiger partial charge in [0.1, 0.15) is 0 Å². The van der Waals surface area contributed by atoms with Gasteiger partial charge in [-0.3, -0.25) is 9.79 Å². The number of carbonyl (C=O) groups is 3. The Morgan fingerprint density at radius 2 is 1.59 bits per heavy atom. The van der Waals surface area contributed by atoms with Crippen molar-refractivity contribution in [2.45, 2.75) is 18.2 Å². The number of carboxylic acids is 2. The Balaban J connectivity index is 0.000000325. The molecule has 5 N–H and O–H groups in total. The van der Waals surface area contributed by atoms with Crippen LogP contribution in [0.25, 0.3) is 0 Å². The number of thiophene rings is 1. The zero-order chi connectivity index (χ0) is 26.9. The number of aliphatic hydroxyl groups excluding tert-OH is 2. The number of amides is 1. The van der Waals surface area contributed by atoms with E-state index in [-0.39, 0.29) is 11.9 Å². The van der Waals surface area contributed by atoms with E-state index in [9.17, 15) is 14.4 Å². The molecule has 0 radical (unpaired) electrons. The topological polar surface area (TPSA) is 160 Å². The number of benzene rings is 2. The fourth-order valence-electron chi connectivity index (χ4n) is 3.60. The smallest absolute Gasteiger partial charge is 0.335 e. The summed E-state index contributed by atoms with van der Waals surface area (Å²) in [4.78, 5) is 39.8. The third-order valence-electron chi connectivity index (χ3n) is 5.64. The maximum atomic E-state index is 12.3. The lowest BCUT2D eigenvalue weighted by Crippen LogP contribution is -2.43. The number of carbonyl (C=O) groups excluding carboxylic acids is 1. The molecule has 2 heterocycles. The van der Waals surface area contributed by atoms with Gasteiger partial charge in [-0.1, -0.05) is 54.6 Å². The number of benzodiazepines with no additional fused rings is 1. The van der Waals surface area contributed by atoms with E-state index in [1.807, 2.05) is 47.8 Å². The number of aliphatic hydroxyl groups is 2. The number of nitrogens with zero attached hydrogens (tertiary/aromatic N) is 2. The number of hydrogen-bond donors (Lipinski definition) is 5. The highest BCUT2D eigenvalue weighted by atomic mass is 32.1. The third kappa shape index (κ3) is 7.00. The van der Waals surface area contributed by atoms with Crippen molar-refractivity contribution in [3.8, 4) is 0 Å². The number of para-hydroxylation sites is 1. The van der Waals surface area contributed by atoms with Crippen LogP contribution in [0.4, 0.5) is 5.69 Å². The van der Waals surface area contributed by atoms with E-state index in [0.29, 0.717) is 13.1 Å². The second-order valence-corrected chi connectivity index (χ2v) is 9.04. The Hall–Kier alpha value is -4.06. The van der Waals surface area contributed by atoms with Crippen LogP contribution in [0.2, 0.25) is 0 Å². The number of fused-ring (bicyclic) bond motifs is 1. The number of nitrogens with one attached hydrogen (secondary N) is 1. The fourth-order valence-corrected chi connectivity index (χ4v) is 4.24. The first-order valence-corrected chi connectivity index (χ1v) is 12.1. The van der Waals surface area contributed by atoms with Crippen LogP contribution >= 0.6 is 11.3 Å². The van der Waals surface area contributed by atoms with E-state index < -0.39 is 24.1 Å². The van der Waals surface area contributed by atoms with Gasteiger partial charge < -0.3 is 30.6 Å². The van der Waals surface area contributed by atoms with Gasteiger partial charge in [0.25, 0.3) is 5.91 Å². The van der Waals surface area contributed by atoms with Crippen molar-refractivity contribution in [3.63, 3.8) is 0 Å². The Bertz CT molecular complexity index is 1230. The summed E-state index contributed by atoms with van der Waals surface area (Å²) in [6.07, 6.45) is -4.53. The molecule has 3 aromatic rings. The molecule has 0 fully saturated rings. The first-order chi connectivity index (χ1) is 17.7. The molecule has 194 valence electrons. The highest BCUT2D eigenvalue weighted by Crippen LogP contribution is 2.27. The quantitative estimate of drug-likeness (QED) is 0.312. The molecule has 0 saturated heterocycles. The molecule has 37 heavy (non-hydrogen) atoms. The van der Waals surface area contributed by atoms with Crippen molar-refractivity contribution < 1.29 is 34.8 Å². The molecule has 0 bridgehead atoms. The van der Waals surface area contributed by atoms with Crippen LogP contribution in [-0.4, -0.2) is 82.4 Å². The average molecular weight is 526 g/mol. The van der Waals surface area contributed by atoms with Crippen molar-refractivity contribution in [1.29, 1.82) is 0 Å². The van der Waals surface area contributed by atoms with Crippen molar-refractivity contribution >= 4 is 40.6 Å². The van der Waals surface area contributed by atoms with Gasteiger partial charge in [-0.05, 0) is 17.5 Å². The Kier molecular flexibility index (Phi) is 9.50. The van der Waals surface area contributed by atoms with Crippen LogP contribution < -0.4 is 10.2 Å². The Labute approximate surface area is 217 Å². The molecule has 11 heteroatoms. The van der Waals surface area contributed by atoms with Crippen molar-refractivity contribution in [2.75, 3.05) is 25.0 Å². The highest BCUT2D eigenvalue weighted by Gasteiger charge is 2.29. The van der Waals surface area contributed by atoms with Gasteiger partial charge in [-0.2, -0.15) is 0 Å². The predicted molar refractivity (Wildman–Crippen MR) is 140 cm³/mol. The first-order valence-electron chi connectivity index (χ1n) is 11.3. The number of rotatable bonds is 7. The molecule has 0 aliphatic carbocycles. The zero-order valence-corrected chi connectivity index (χ0v) is 20.7. The number of aliphatic carboxylic acids is 2. The third-order valence-corrected chi connectivity index (χ3v) is 6.51. The van der Waals surface area contributed by atoms with Gasteiger partial charge in [-0.25, -0.2) is 9.59 Å². The van der Waals surface area contributed by atoms with Gasteiger partial charge >= 0.3 is 11.9 Å². The van der Waals surface area contributed by atoms with Crippen LogP contribution in [0.15, 0.2) is 77.1 Å². The fraction of sp³-hybridized carbons (Fsp3) is 0.231. The van der Waals surface area contributed by atoms with E-state index in [4.69, 9.17) is 25.4 Å². The summed E-state index contributed by atoms with van der Waals surface area (Å²) in [5.74, 6) is -3.56. The van der Waals surface area contributed by atoms with E-state index in [1.165, 1.54) is 11.3 Å². The molecule has 10 nitrogen and oxygen atoms in total. The second-order valence-electron chi connectivity index (χ2n) is 8.09. The normalized spacial score (nSPS) is 16.1. The van der Waals surface area contributed by atoms with Crippen molar-refractivity contribution in [3.05, 3.63) is 88.1 Å². The summed E-state index contributed by atoms with van der Waals surface area (Å²) in [6, 6.07) is 22.4. The van der Waals surface area contributed by atoms with Crippen LogP contribution in [-0.2, 0) is 9.59 Å². The molecular weight excluding hydrogens is 498 g/mol. The largest absolute Gasteiger partial charge is 0.479 e. The van der Waals surface area contributed by atoms with Gasteiger partial charge in [0.2, 0.25) is 0 Å². The monoisotopic (exact) mass is 525 g/mol. The van der Waals surface area contributed by atoms with Gasteiger partial charge in [0.05, 0.1) is 23.2 Å². The Morgan fingerprint density at radius 1 is 0.973 bits per heavy atom. The minimum atomic E-state index is -2.27. The number of anilines is 1. The summed E-state index contributed by atoms with van der Waals surface area (Å²) in [5, 5.41) is 37.5. The second kappa shape index (κ2) is 12.8. The molecule has 3 unspecified atom stereocenters. The van der Waals surface area contributed by atoms with Gasteiger partial charge in [0, 0.05) is 30.4 Å². The van der Waals surface area contributed by atoms with E-state index in [1.54, 1.807) is 0 Å². The first kappa shape index (κ1) is 27.5. The lowest BCUT2D eigenvalue weighted by Gasteiger charge is -2.28. The zero-order valence-electron chi connectivity index (χ0n) is 19.9. The summed E-state index contributed by atoms with van der Waals surface area (Å²) < 4.78 is 0. The van der Waals surface area contributed by atoms with Crippen molar-refractivity contribution in [1.82, 2.24) is 5.32 Å². The molecule has 0 saturated carbocycles. The van der Waals surface area contributed by atoms with Crippen LogP contribution in [0.1, 0.15) is 20.8 Å². The molecule has 2 aromatic carbocycles. The molecular formula is C26H27N3O7S.